The number of hydrogen-bond acceptors (Lipinski definition) is 3. The molecule has 0 radical (unpaired) electrons. The fourth-order valence-electron chi connectivity index (χ4n) is 6.18. The summed E-state index contributed by atoms with van der Waals surface area (Å²) in [4.78, 5) is 29.8. The number of fused-ring (bicyclic) bond motifs is 3. The average Bonchev–Trinajstić information content (AvgIpc) is 3.23. The molecule has 2 aliphatic carbocycles. The predicted octanol–water partition coefficient (Wildman–Crippen LogP) is 5.34. The number of hydrogen-bond donors (Lipinski definition) is 1. The maximum atomic E-state index is 13.9. The van der Waals surface area contributed by atoms with Crippen LogP contribution >= 0.6 is 11.3 Å². The van der Waals surface area contributed by atoms with Crippen molar-refractivity contribution in [3.63, 3.8) is 0 Å². The third-order valence-electron chi connectivity index (χ3n) is 8.07. The van der Waals surface area contributed by atoms with Crippen molar-refractivity contribution in [2.24, 2.45) is 5.92 Å². The lowest BCUT2D eigenvalue weighted by atomic mass is 9.84. The molecule has 3 aliphatic rings. The Morgan fingerprint density at radius 3 is 2.55 bits per heavy atom. The van der Waals surface area contributed by atoms with Gasteiger partial charge in [-0.3, -0.25) is 9.59 Å². The summed E-state index contributed by atoms with van der Waals surface area (Å²) in [6.45, 7) is 4.80. The summed E-state index contributed by atoms with van der Waals surface area (Å²) in [5.41, 5.74) is 0.978. The van der Waals surface area contributed by atoms with Gasteiger partial charge in [-0.1, -0.05) is 45.4 Å². The van der Waals surface area contributed by atoms with Crippen LogP contribution in [0.2, 0.25) is 0 Å². The number of carbonyl (C=O) groups excluding carboxylic acids is 2. The molecule has 2 aromatic heterocycles. The fourth-order valence-corrected chi connectivity index (χ4v) is 7.00. The summed E-state index contributed by atoms with van der Waals surface area (Å²) in [5.74, 6) is 0.570. The SMILES string of the molecule is C[C@@H]1CCCC[C@@H]1NC(=O)[C@]1(C)Cn2c(cc3sccc32)C(=O)N1C1CCCCCC1. The van der Waals surface area contributed by atoms with Gasteiger partial charge >= 0.3 is 0 Å². The Kier molecular flexibility index (Phi) is 5.61. The van der Waals surface area contributed by atoms with E-state index in [1.807, 2.05) is 17.9 Å². The molecule has 0 bridgehead atoms. The van der Waals surface area contributed by atoms with Crippen molar-refractivity contribution in [2.45, 2.75) is 102 Å². The number of nitrogens with zero attached hydrogens (tertiary/aromatic N) is 2. The molecule has 2 fully saturated rings. The molecule has 1 aliphatic heterocycles. The van der Waals surface area contributed by atoms with Gasteiger partial charge < -0.3 is 14.8 Å². The molecule has 2 aromatic rings. The van der Waals surface area contributed by atoms with Crippen molar-refractivity contribution in [3.05, 3.63) is 23.2 Å². The van der Waals surface area contributed by atoms with Crippen LogP contribution in [0.1, 0.15) is 88.5 Å². The van der Waals surface area contributed by atoms with Crippen molar-refractivity contribution in [1.29, 1.82) is 0 Å². The zero-order valence-corrected chi connectivity index (χ0v) is 19.7. The Hall–Kier alpha value is -1.82. The highest BCUT2D eigenvalue weighted by Gasteiger charge is 2.50. The van der Waals surface area contributed by atoms with Crippen molar-refractivity contribution < 1.29 is 9.59 Å². The third kappa shape index (κ3) is 3.61. The van der Waals surface area contributed by atoms with E-state index in [0.29, 0.717) is 12.5 Å². The highest BCUT2D eigenvalue weighted by atomic mass is 32.1. The maximum absolute atomic E-state index is 13.9. The normalized spacial score (nSPS) is 30.3. The minimum Gasteiger partial charge on any atom is -0.351 e. The molecular formula is C25H35N3O2S. The van der Waals surface area contributed by atoms with Gasteiger partial charge in [0, 0.05) is 12.1 Å². The second kappa shape index (κ2) is 8.27. The number of aromatic nitrogens is 1. The van der Waals surface area contributed by atoms with Gasteiger partial charge in [0.25, 0.3) is 5.91 Å². The van der Waals surface area contributed by atoms with Crippen LogP contribution in [0.25, 0.3) is 10.2 Å². The average molecular weight is 442 g/mol. The number of rotatable bonds is 3. The van der Waals surface area contributed by atoms with Gasteiger partial charge in [0.2, 0.25) is 5.91 Å². The third-order valence-corrected chi connectivity index (χ3v) is 8.92. The quantitative estimate of drug-likeness (QED) is 0.654. The highest BCUT2D eigenvalue weighted by molar-refractivity contribution is 7.17. The molecule has 5 rings (SSSR count). The first-order valence-corrected chi connectivity index (χ1v) is 13.1. The highest BCUT2D eigenvalue weighted by Crippen LogP contribution is 2.38. The van der Waals surface area contributed by atoms with Gasteiger partial charge in [-0.15, -0.1) is 11.3 Å². The minimum atomic E-state index is -0.857. The Bertz CT molecular complexity index is 971. The molecule has 6 heteroatoms. The van der Waals surface area contributed by atoms with Crippen LogP contribution in [-0.2, 0) is 11.3 Å². The molecule has 3 atom stereocenters. The zero-order chi connectivity index (χ0) is 21.6. The number of carbonyl (C=O) groups is 2. The maximum Gasteiger partial charge on any atom is 0.271 e. The van der Waals surface area contributed by atoms with Gasteiger partial charge in [0.1, 0.15) is 11.2 Å². The van der Waals surface area contributed by atoms with E-state index in [2.05, 4.69) is 28.3 Å². The van der Waals surface area contributed by atoms with Crippen molar-refractivity contribution in [3.8, 4) is 0 Å². The van der Waals surface area contributed by atoms with Gasteiger partial charge in [0.05, 0.1) is 16.8 Å². The van der Waals surface area contributed by atoms with Crippen LogP contribution in [0.15, 0.2) is 17.5 Å². The van der Waals surface area contributed by atoms with E-state index in [1.54, 1.807) is 11.3 Å². The van der Waals surface area contributed by atoms with E-state index in [4.69, 9.17) is 0 Å². The lowest BCUT2D eigenvalue weighted by Gasteiger charge is -2.48. The molecule has 3 heterocycles. The van der Waals surface area contributed by atoms with Gasteiger partial charge in [0.15, 0.2) is 0 Å². The van der Waals surface area contributed by atoms with E-state index in [0.717, 1.165) is 48.0 Å². The van der Waals surface area contributed by atoms with Gasteiger partial charge in [-0.05, 0) is 56.0 Å². The smallest absolute Gasteiger partial charge is 0.271 e. The first-order chi connectivity index (χ1) is 15.0. The van der Waals surface area contributed by atoms with Crippen molar-refractivity contribution in [1.82, 2.24) is 14.8 Å². The summed E-state index contributed by atoms with van der Waals surface area (Å²) in [6.07, 6.45) is 11.4. The summed E-state index contributed by atoms with van der Waals surface area (Å²) in [7, 11) is 0. The van der Waals surface area contributed by atoms with Crippen LogP contribution in [0.5, 0.6) is 0 Å². The molecule has 0 spiro atoms. The Labute approximate surface area is 189 Å². The molecule has 0 saturated heterocycles. The van der Waals surface area contributed by atoms with E-state index < -0.39 is 5.54 Å². The van der Waals surface area contributed by atoms with Gasteiger partial charge in [-0.2, -0.15) is 0 Å². The monoisotopic (exact) mass is 441 g/mol. The topological polar surface area (TPSA) is 54.3 Å². The fraction of sp³-hybridized carbons (Fsp3) is 0.680. The number of amides is 2. The largest absolute Gasteiger partial charge is 0.351 e. The Morgan fingerprint density at radius 1 is 1.10 bits per heavy atom. The molecule has 0 aromatic carbocycles. The van der Waals surface area contributed by atoms with Crippen LogP contribution in [0.3, 0.4) is 0 Å². The van der Waals surface area contributed by atoms with Gasteiger partial charge in [-0.25, -0.2) is 0 Å². The molecule has 0 unspecified atom stereocenters. The first-order valence-electron chi connectivity index (χ1n) is 12.2. The zero-order valence-electron chi connectivity index (χ0n) is 18.9. The Morgan fingerprint density at radius 2 is 1.81 bits per heavy atom. The van der Waals surface area contributed by atoms with Crippen molar-refractivity contribution in [2.75, 3.05) is 0 Å². The van der Waals surface area contributed by atoms with E-state index >= 15 is 0 Å². The second-order valence-corrected chi connectivity index (χ2v) is 11.2. The van der Waals surface area contributed by atoms with E-state index in [9.17, 15) is 9.59 Å². The summed E-state index contributed by atoms with van der Waals surface area (Å²) >= 11 is 1.67. The summed E-state index contributed by atoms with van der Waals surface area (Å²) in [6, 6.07) is 4.49. The van der Waals surface area contributed by atoms with E-state index in [1.165, 1.54) is 32.1 Å². The van der Waals surface area contributed by atoms with Crippen molar-refractivity contribution >= 4 is 33.4 Å². The lowest BCUT2D eigenvalue weighted by molar-refractivity contribution is -0.135. The number of nitrogens with one attached hydrogen (secondary N) is 1. The number of thiophene rings is 1. The molecule has 168 valence electrons. The molecular weight excluding hydrogens is 406 g/mol. The minimum absolute atomic E-state index is 0.0339. The first kappa shape index (κ1) is 21.0. The molecule has 5 nitrogen and oxygen atoms in total. The molecule has 1 N–H and O–H groups in total. The van der Waals surface area contributed by atoms with Crippen LogP contribution in [0.4, 0.5) is 0 Å². The van der Waals surface area contributed by atoms with Crippen LogP contribution in [0, 0.1) is 5.92 Å². The molecule has 31 heavy (non-hydrogen) atoms. The Balaban J connectivity index is 1.53. The van der Waals surface area contributed by atoms with Crippen LogP contribution in [-0.4, -0.2) is 38.9 Å². The van der Waals surface area contributed by atoms with E-state index in [-0.39, 0.29) is 23.9 Å². The summed E-state index contributed by atoms with van der Waals surface area (Å²) < 4.78 is 3.24. The second-order valence-electron chi connectivity index (χ2n) is 10.2. The summed E-state index contributed by atoms with van der Waals surface area (Å²) in [5, 5.41) is 5.48. The predicted molar refractivity (Wildman–Crippen MR) is 125 cm³/mol. The molecule has 2 amide bonds. The lowest BCUT2D eigenvalue weighted by Crippen LogP contribution is -2.67. The van der Waals surface area contributed by atoms with Crippen LogP contribution < -0.4 is 5.32 Å². The standard InChI is InChI=1S/C25H35N3O2S/c1-17-9-7-8-12-19(17)26-24(30)25(2)16-27-20-13-14-31-22(20)15-21(27)23(29)28(25)18-10-5-3-4-6-11-18/h13-15,17-19H,3-12,16H2,1-2H3,(H,26,30)/t17-,19+,25+/m1/s1. The molecule has 2 saturated carbocycles.